The van der Waals surface area contributed by atoms with Crippen LogP contribution in [0.4, 0.5) is 5.82 Å². The second-order valence-corrected chi connectivity index (χ2v) is 7.93. The normalized spacial score (nSPS) is 11.4. The molecular formula is C11H6Br2Cl2N2O2S. The predicted molar refractivity (Wildman–Crippen MR) is 86.9 cm³/mol. The number of nitrogens with zero attached hydrogens (tertiary/aromatic N) is 1. The zero-order chi connectivity index (χ0) is 14.9. The minimum Gasteiger partial charge on any atom is -0.263 e. The lowest BCUT2D eigenvalue weighted by molar-refractivity contribution is 0.601. The van der Waals surface area contributed by atoms with Gasteiger partial charge in [-0.1, -0.05) is 55.1 Å². The maximum absolute atomic E-state index is 12.3. The maximum atomic E-state index is 12.3. The first-order chi connectivity index (χ1) is 9.29. The highest BCUT2D eigenvalue weighted by Gasteiger charge is 2.23. The van der Waals surface area contributed by atoms with E-state index in [-0.39, 0.29) is 20.8 Å². The Morgan fingerprint density at radius 2 is 1.65 bits per heavy atom. The lowest BCUT2D eigenvalue weighted by atomic mass is 10.4. The van der Waals surface area contributed by atoms with E-state index in [0.717, 1.165) is 0 Å². The van der Waals surface area contributed by atoms with Gasteiger partial charge in [0, 0.05) is 15.1 Å². The molecule has 4 nitrogen and oxygen atoms in total. The average Bonchev–Trinajstić information content (AvgIpc) is 2.25. The summed E-state index contributed by atoms with van der Waals surface area (Å²) >= 11 is 18.3. The van der Waals surface area contributed by atoms with Crippen molar-refractivity contribution in [2.45, 2.75) is 4.90 Å². The number of rotatable bonds is 3. The van der Waals surface area contributed by atoms with Crippen molar-refractivity contribution in [1.82, 2.24) is 4.98 Å². The van der Waals surface area contributed by atoms with Crippen LogP contribution < -0.4 is 4.72 Å². The number of hydrogen-bond donors (Lipinski definition) is 1. The van der Waals surface area contributed by atoms with E-state index in [1.165, 1.54) is 24.4 Å². The molecule has 0 saturated carbocycles. The first-order valence-corrected chi connectivity index (χ1v) is 8.91. The van der Waals surface area contributed by atoms with Crippen LogP contribution in [0.25, 0.3) is 0 Å². The number of nitrogens with one attached hydrogen (secondary N) is 1. The SMILES string of the molecule is O=S(=O)(Nc1cc(Br)ccn1)c1c(Cl)cc(Br)cc1Cl. The van der Waals surface area contributed by atoms with E-state index in [4.69, 9.17) is 23.2 Å². The lowest BCUT2D eigenvalue weighted by Crippen LogP contribution is -2.15. The van der Waals surface area contributed by atoms with Crippen LogP contribution in [-0.4, -0.2) is 13.4 Å². The fraction of sp³-hybridized carbons (Fsp3) is 0. The van der Waals surface area contributed by atoms with Gasteiger partial charge in [-0.3, -0.25) is 4.72 Å². The van der Waals surface area contributed by atoms with Crippen molar-refractivity contribution in [2.24, 2.45) is 0 Å². The minimum atomic E-state index is -3.93. The summed E-state index contributed by atoms with van der Waals surface area (Å²) in [4.78, 5) is 3.72. The quantitative estimate of drug-likeness (QED) is 0.721. The number of halogens is 4. The molecule has 0 aliphatic heterocycles. The number of anilines is 1. The summed E-state index contributed by atoms with van der Waals surface area (Å²) < 4.78 is 28.2. The fourth-order valence-corrected chi connectivity index (χ4v) is 4.71. The van der Waals surface area contributed by atoms with Crippen LogP contribution in [-0.2, 0) is 10.0 Å². The van der Waals surface area contributed by atoms with E-state index >= 15 is 0 Å². The monoisotopic (exact) mass is 458 g/mol. The molecule has 0 saturated heterocycles. The van der Waals surface area contributed by atoms with Crippen LogP contribution in [0.5, 0.6) is 0 Å². The summed E-state index contributed by atoms with van der Waals surface area (Å²) in [6, 6.07) is 6.11. The van der Waals surface area contributed by atoms with Gasteiger partial charge in [0.25, 0.3) is 10.0 Å². The zero-order valence-electron chi connectivity index (χ0n) is 9.57. The van der Waals surface area contributed by atoms with Gasteiger partial charge in [-0.05, 0) is 24.3 Å². The van der Waals surface area contributed by atoms with Gasteiger partial charge in [0.15, 0.2) is 0 Å². The maximum Gasteiger partial charge on any atom is 0.266 e. The van der Waals surface area contributed by atoms with E-state index in [1.807, 2.05) is 0 Å². The Labute approximate surface area is 142 Å². The topological polar surface area (TPSA) is 59.1 Å². The third-order valence-corrected chi connectivity index (χ3v) is 5.42. The third kappa shape index (κ3) is 3.65. The lowest BCUT2D eigenvalue weighted by Gasteiger charge is -2.11. The fourth-order valence-electron chi connectivity index (χ4n) is 1.43. The molecule has 0 unspecified atom stereocenters. The van der Waals surface area contributed by atoms with Crippen LogP contribution in [0.15, 0.2) is 44.3 Å². The molecule has 0 spiro atoms. The van der Waals surface area contributed by atoms with Gasteiger partial charge in [0.05, 0.1) is 10.0 Å². The van der Waals surface area contributed by atoms with Crippen molar-refractivity contribution in [3.05, 3.63) is 49.5 Å². The molecule has 1 aromatic carbocycles. The van der Waals surface area contributed by atoms with Crippen LogP contribution in [0.3, 0.4) is 0 Å². The largest absolute Gasteiger partial charge is 0.266 e. The van der Waals surface area contributed by atoms with Gasteiger partial charge in [-0.2, -0.15) is 0 Å². The summed E-state index contributed by atoms with van der Waals surface area (Å²) in [5.74, 6) is 0.162. The minimum absolute atomic E-state index is 0.0203. The Hall–Kier alpha value is -0.340. The van der Waals surface area contributed by atoms with E-state index < -0.39 is 10.0 Å². The van der Waals surface area contributed by atoms with Crippen LogP contribution in [0.2, 0.25) is 10.0 Å². The highest BCUT2D eigenvalue weighted by Crippen LogP contribution is 2.33. The summed E-state index contributed by atoms with van der Waals surface area (Å²) in [5.41, 5.74) is 0. The first kappa shape index (κ1) is 16.0. The molecule has 0 radical (unpaired) electrons. The van der Waals surface area contributed by atoms with Gasteiger partial charge in [0.1, 0.15) is 10.7 Å². The van der Waals surface area contributed by atoms with Gasteiger partial charge in [-0.15, -0.1) is 0 Å². The van der Waals surface area contributed by atoms with Crippen molar-refractivity contribution >= 4 is 70.9 Å². The highest BCUT2D eigenvalue weighted by atomic mass is 79.9. The highest BCUT2D eigenvalue weighted by molar-refractivity contribution is 9.10. The van der Waals surface area contributed by atoms with Crippen molar-refractivity contribution in [1.29, 1.82) is 0 Å². The second-order valence-electron chi connectivity index (χ2n) is 3.66. The molecule has 0 amide bonds. The Kier molecular flexibility index (Phi) is 4.96. The van der Waals surface area contributed by atoms with Gasteiger partial charge in [-0.25, -0.2) is 13.4 Å². The number of benzene rings is 1. The zero-order valence-corrected chi connectivity index (χ0v) is 15.1. The third-order valence-electron chi connectivity index (χ3n) is 2.19. The van der Waals surface area contributed by atoms with Crippen molar-refractivity contribution in [3.63, 3.8) is 0 Å². The predicted octanol–water partition coefficient (Wildman–Crippen LogP) is 4.71. The molecule has 0 aliphatic rings. The number of sulfonamides is 1. The van der Waals surface area contributed by atoms with E-state index in [9.17, 15) is 8.42 Å². The van der Waals surface area contributed by atoms with Gasteiger partial charge >= 0.3 is 0 Å². The smallest absolute Gasteiger partial charge is 0.263 e. The molecule has 1 N–H and O–H groups in total. The average molecular weight is 461 g/mol. The molecular weight excluding hydrogens is 455 g/mol. The first-order valence-electron chi connectivity index (χ1n) is 5.08. The van der Waals surface area contributed by atoms with E-state index in [0.29, 0.717) is 8.95 Å². The van der Waals surface area contributed by atoms with E-state index in [1.54, 1.807) is 6.07 Å². The van der Waals surface area contributed by atoms with Crippen molar-refractivity contribution in [3.8, 4) is 0 Å². The summed E-state index contributed by atoms with van der Waals surface area (Å²) in [6.45, 7) is 0. The van der Waals surface area contributed by atoms with Crippen LogP contribution in [0.1, 0.15) is 0 Å². The Morgan fingerprint density at radius 3 is 2.20 bits per heavy atom. The summed E-state index contributed by atoms with van der Waals surface area (Å²) in [5, 5.41) is 0.0405. The molecule has 0 bridgehead atoms. The molecule has 0 atom stereocenters. The molecule has 0 aliphatic carbocycles. The molecule has 1 heterocycles. The Morgan fingerprint density at radius 1 is 1.05 bits per heavy atom. The van der Waals surface area contributed by atoms with Crippen LogP contribution >= 0.6 is 55.1 Å². The Balaban J connectivity index is 2.46. The molecule has 0 fully saturated rings. The summed E-state index contributed by atoms with van der Waals surface area (Å²) in [7, 11) is -3.93. The molecule has 2 aromatic rings. The molecule has 20 heavy (non-hydrogen) atoms. The molecule has 9 heteroatoms. The molecule has 106 valence electrons. The molecule has 1 aromatic heterocycles. The second kappa shape index (κ2) is 6.19. The van der Waals surface area contributed by atoms with Gasteiger partial charge < -0.3 is 0 Å². The van der Waals surface area contributed by atoms with Crippen molar-refractivity contribution in [2.75, 3.05) is 4.72 Å². The summed E-state index contributed by atoms with van der Waals surface area (Å²) in [6.07, 6.45) is 1.47. The van der Waals surface area contributed by atoms with Gasteiger partial charge in [0.2, 0.25) is 0 Å². The number of hydrogen-bond acceptors (Lipinski definition) is 3. The Bertz CT molecular complexity index is 746. The number of pyridine rings is 1. The van der Waals surface area contributed by atoms with Crippen molar-refractivity contribution < 1.29 is 8.42 Å². The van der Waals surface area contributed by atoms with E-state index in [2.05, 4.69) is 41.6 Å². The molecule has 2 rings (SSSR count). The standard InChI is InChI=1S/C11H6Br2Cl2N2O2S/c12-6-1-2-16-10(5-6)17-20(18,19)11-8(14)3-7(13)4-9(11)15/h1-5H,(H,16,17). The number of aromatic nitrogens is 1. The van der Waals surface area contributed by atoms with Crippen LogP contribution in [0, 0.1) is 0 Å².